The van der Waals surface area contributed by atoms with Crippen LogP contribution in [0.2, 0.25) is 0 Å². The normalized spacial score (nSPS) is 48.5. The quantitative estimate of drug-likeness (QED) is 0.751. The zero-order valence-corrected chi connectivity index (χ0v) is 15.8. The van der Waals surface area contributed by atoms with Gasteiger partial charge in [-0.15, -0.1) is 0 Å². The lowest BCUT2D eigenvalue weighted by Gasteiger charge is -2.54. The average Bonchev–Trinajstić information content (AvgIpc) is 3.16. The molecule has 3 saturated carbocycles. The zero-order chi connectivity index (χ0) is 18.4. The van der Waals surface area contributed by atoms with Crippen LogP contribution in [0.15, 0.2) is 0 Å². The van der Waals surface area contributed by atoms with Crippen LogP contribution in [-0.4, -0.2) is 40.1 Å². The van der Waals surface area contributed by atoms with E-state index >= 15 is 0 Å². The summed E-state index contributed by atoms with van der Waals surface area (Å²) < 4.78 is 0. The Kier molecular flexibility index (Phi) is 4.89. The van der Waals surface area contributed by atoms with Crippen LogP contribution >= 0.6 is 0 Å². The number of likely N-dealkylation sites (tertiary alicyclic amines) is 1. The lowest BCUT2D eigenvalue weighted by Crippen LogP contribution is -2.54. The van der Waals surface area contributed by atoms with E-state index in [4.69, 9.17) is 11.0 Å². The Hall–Kier alpha value is -1.12. The Labute approximate surface area is 151 Å². The number of aliphatic hydroxyl groups is 1. The summed E-state index contributed by atoms with van der Waals surface area (Å²) in [4.78, 5) is 12.0. The van der Waals surface area contributed by atoms with Gasteiger partial charge in [-0.3, -0.25) is 4.79 Å². The number of piperidine rings is 1. The third kappa shape index (κ3) is 3.71. The fraction of sp³-hybridized carbons (Fsp3) is 0.900. The minimum Gasteiger partial charge on any atom is -0.390 e. The molecule has 2 bridgehead atoms. The van der Waals surface area contributed by atoms with Crippen molar-refractivity contribution < 1.29 is 9.90 Å². The van der Waals surface area contributed by atoms with Crippen LogP contribution in [0, 0.1) is 34.5 Å². The van der Waals surface area contributed by atoms with Crippen LogP contribution in [-0.2, 0) is 4.79 Å². The van der Waals surface area contributed by atoms with Gasteiger partial charge in [0.1, 0.15) is 6.04 Å². The summed E-state index contributed by atoms with van der Waals surface area (Å²) in [5, 5.41) is 18.9. The summed E-state index contributed by atoms with van der Waals surface area (Å²) in [6, 6.07) is 2.63. The number of nitrogens with two attached hydrogens (primary N) is 1. The lowest BCUT2D eigenvalue weighted by atomic mass is 9.53. The highest BCUT2D eigenvalue weighted by molar-refractivity contribution is 5.52. The molecule has 4 rings (SSSR count). The standard InChI is InChI=1S/C13H25NO.C7H8N2O/c1-9-4-11-6-12(3,15)8-13(5-9,7-11)10(2)14;8-3-6-1-5-2-7(5)9(6)4-10/h9-11,15H,4-8,14H2,1-3H3;4-7H,1-2H2. The van der Waals surface area contributed by atoms with E-state index in [2.05, 4.69) is 19.9 Å². The van der Waals surface area contributed by atoms with Gasteiger partial charge >= 0.3 is 0 Å². The second-order valence-electron chi connectivity index (χ2n) is 9.64. The molecule has 1 amide bonds. The summed E-state index contributed by atoms with van der Waals surface area (Å²) in [6.45, 7) is 6.45. The molecular weight excluding hydrogens is 314 g/mol. The van der Waals surface area contributed by atoms with Crippen molar-refractivity contribution in [3.05, 3.63) is 0 Å². The average molecular weight is 348 g/mol. The summed E-state index contributed by atoms with van der Waals surface area (Å²) in [5.74, 6) is 2.13. The molecule has 3 N–H and O–H groups in total. The maximum absolute atomic E-state index is 10.4. The molecule has 3 aliphatic carbocycles. The Morgan fingerprint density at radius 1 is 1.32 bits per heavy atom. The highest BCUT2D eigenvalue weighted by Crippen LogP contribution is 2.55. The van der Waals surface area contributed by atoms with Crippen LogP contribution in [0.4, 0.5) is 0 Å². The van der Waals surface area contributed by atoms with E-state index in [0.29, 0.717) is 17.9 Å². The predicted octanol–water partition coefficient (Wildman–Crippen LogP) is 2.43. The minimum atomic E-state index is -0.476. The van der Waals surface area contributed by atoms with Crippen molar-refractivity contribution >= 4 is 6.41 Å². The molecule has 5 nitrogen and oxygen atoms in total. The first kappa shape index (κ1) is 18.7. The maximum Gasteiger partial charge on any atom is 0.211 e. The molecule has 8 unspecified atom stereocenters. The summed E-state index contributed by atoms with van der Waals surface area (Å²) >= 11 is 0. The van der Waals surface area contributed by atoms with E-state index in [1.165, 1.54) is 19.3 Å². The van der Waals surface area contributed by atoms with Crippen molar-refractivity contribution in [1.29, 1.82) is 5.26 Å². The largest absolute Gasteiger partial charge is 0.390 e. The molecule has 1 saturated heterocycles. The first-order valence-electron chi connectivity index (χ1n) is 9.80. The molecule has 4 fully saturated rings. The molecule has 0 aromatic rings. The van der Waals surface area contributed by atoms with Crippen molar-refractivity contribution in [1.82, 2.24) is 4.90 Å². The smallest absolute Gasteiger partial charge is 0.211 e. The van der Waals surface area contributed by atoms with Crippen molar-refractivity contribution in [2.45, 2.75) is 89.4 Å². The van der Waals surface area contributed by atoms with Gasteiger partial charge in [0, 0.05) is 12.1 Å². The molecule has 5 heteroatoms. The molecule has 140 valence electrons. The van der Waals surface area contributed by atoms with Crippen LogP contribution < -0.4 is 5.73 Å². The lowest BCUT2D eigenvalue weighted by molar-refractivity contribution is -0.119. The van der Waals surface area contributed by atoms with Crippen molar-refractivity contribution in [2.24, 2.45) is 28.9 Å². The van der Waals surface area contributed by atoms with E-state index in [9.17, 15) is 9.90 Å². The molecule has 0 aromatic carbocycles. The second-order valence-corrected chi connectivity index (χ2v) is 9.64. The van der Waals surface area contributed by atoms with Crippen LogP contribution in [0.3, 0.4) is 0 Å². The van der Waals surface area contributed by atoms with Crippen molar-refractivity contribution in [2.75, 3.05) is 0 Å². The number of carbonyl (C=O) groups excluding carboxylic acids is 1. The summed E-state index contributed by atoms with van der Waals surface area (Å²) in [7, 11) is 0. The summed E-state index contributed by atoms with van der Waals surface area (Å²) in [5.41, 5.74) is 5.92. The van der Waals surface area contributed by atoms with E-state index in [1.54, 1.807) is 4.90 Å². The van der Waals surface area contributed by atoms with Gasteiger partial charge in [-0.05, 0) is 82.0 Å². The fourth-order valence-corrected chi connectivity index (χ4v) is 6.13. The third-order valence-corrected chi connectivity index (χ3v) is 7.04. The van der Waals surface area contributed by atoms with E-state index in [-0.39, 0.29) is 17.5 Å². The van der Waals surface area contributed by atoms with Gasteiger partial charge in [0.25, 0.3) is 0 Å². The van der Waals surface area contributed by atoms with Crippen molar-refractivity contribution in [3.63, 3.8) is 0 Å². The number of rotatable bonds is 2. The van der Waals surface area contributed by atoms with Gasteiger partial charge in [-0.2, -0.15) is 5.26 Å². The van der Waals surface area contributed by atoms with Crippen LogP contribution in [0.1, 0.15) is 65.7 Å². The highest BCUT2D eigenvalue weighted by Gasteiger charge is 2.52. The number of hydrogen-bond donors (Lipinski definition) is 2. The molecule has 25 heavy (non-hydrogen) atoms. The summed E-state index contributed by atoms with van der Waals surface area (Å²) in [6.07, 6.45) is 8.44. The molecule has 1 heterocycles. The highest BCUT2D eigenvalue weighted by atomic mass is 16.3. The number of nitriles is 1. The van der Waals surface area contributed by atoms with E-state index in [0.717, 1.165) is 38.0 Å². The monoisotopic (exact) mass is 347 g/mol. The van der Waals surface area contributed by atoms with Gasteiger partial charge in [-0.25, -0.2) is 0 Å². The van der Waals surface area contributed by atoms with Gasteiger partial charge in [0.15, 0.2) is 0 Å². The Morgan fingerprint density at radius 3 is 2.60 bits per heavy atom. The molecular formula is C20H33N3O2. The molecule has 1 aliphatic heterocycles. The Morgan fingerprint density at radius 2 is 2.04 bits per heavy atom. The van der Waals surface area contributed by atoms with Crippen LogP contribution in [0.5, 0.6) is 0 Å². The minimum absolute atomic E-state index is 0.124. The Balaban J connectivity index is 0.000000157. The SMILES string of the molecule is CC1CC2CC(C)(O)CC(C(C)N)(C1)C2.N#CC1CC2CC2N1C=O. The molecule has 4 aliphatic rings. The van der Waals surface area contributed by atoms with Gasteiger partial charge in [-0.1, -0.05) is 6.92 Å². The first-order chi connectivity index (χ1) is 11.7. The fourth-order valence-electron chi connectivity index (χ4n) is 6.13. The maximum atomic E-state index is 10.4. The third-order valence-electron chi connectivity index (χ3n) is 7.04. The molecule has 0 spiro atoms. The molecule has 0 aromatic heterocycles. The molecule has 0 radical (unpaired) electrons. The number of hydrogen-bond acceptors (Lipinski definition) is 4. The first-order valence-corrected chi connectivity index (χ1v) is 9.80. The predicted molar refractivity (Wildman–Crippen MR) is 96.3 cm³/mol. The zero-order valence-electron chi connectivity index (χ0n) is 15.8. The van der Waals surface area contributed by atoms with Crippen LogP contribution in [0.25, 0.3) is 0 Å². The topological polar surface area (TPSA) is 90.3 Å². The second kappa shape index (κ2) is 6.55. The molecule has 8 atom stereocenters. The van der Waals surface area contributed by atoms with E-state index in [1.807, 2.05) is 6.92 Å². The number of nitrogens with zero attached hydrogens (tertiary/aromatic N) is 2. The van der Waals surface area contributed by atoms with Gasteiger partial charge in [0.05, 0.1) is 11.7 Å². The number of amides is 1. The number of carbonyl (C=O) groups is 1. The number of fused-ring (bicyclic) bond motifs is 3. The Bertz CT molecular complexity index is 552. The van der Waals surface area contributed by atoms with Gasteiger partial charge in [0.2, 0.25) is 6.41 Å². The van der Waals surface area contributed by atoms with Crippen molar-refractivity contribution in [3.8, 4) is 6.07 Å². The van der Waals surface area contributed by atoms with E-state index < -0.39 is 5.60 Å². The van der Waals surface area contributed by atoms with Gasteiger partial charge < -0.3 is 15.7 Å².